The maximum absolute atomic E-state index is 13.7. The predicted octanol–water partition coefficient (Wildman–Crippen LogP) is 3.54. The standard InChI is InChI=1S/C31H30FN5O4/c1-18-23(15-37(36-18)22-6-4-3-5-7-22)28(38)34-16-31(40,20-10-11-20)25-14-24-27(41-17-30(24,2)29(33)39)26(35-25)19-8-12-21(32)13-9-19/h3-9,12-15,20,40H,10-11,16-17H2,1-2H3,(H2,33,39)(H,34,38)/t30-,31?/m0/s1. The van der Waals surface area contributed by atoms with E-state index in [4.69, 9.17) is 15.5 Å². The minimum Gasteiger partial charge on any atom is -0.489 e. The molecule has 4 aromatic rings. The summed E-state index contributed by atoms with van der Waals surface area (Å²) < 4.78 is 21.3. The summed E-state index contributed by atoms with van der Waals surface area (Å²) in [4.78, 5) is 30.7. The lowest BCUT2D eigenvalue weighted by atomic mass is 9.81. The maximum Gasteiger partial charge on any atom is 0.254 e. The number of benzene rings is 2. The monoisotopic (exact) mass is 555 g/mol. The minimum atomic E-state index is -1.54. The van der Waals surface area contributed by atoms with Crippen LogP contribution in [0.1, 0.15) is 47.1 Å². The molecule has 2 aromatic carbocycles. The van der Waals surface area contributed by atoms with Crippen LogP contribution in [0.25, 0.3) is 16.9 Å². The Morgan fingerprint density at radius 3 is 2.56 bits per heavy atom. The number of fused-ring (bicyclic) bond motifs is 1. The summed E-state index contributed by atoms with van der Waals surface area (Å²) in [7, 11) is 0. The van der Waals surface area contributed by atoms with Crippen LogP contribution in [0.15, 0.2) is 66.9 Å². The molecule has 1 unspecified atom stereocenters. The molecular formula is C31H30FN5O4. The molecule has 1 fully saturated rings. The number of nitrogens with one attached hydrogen (secondary N) is 1. The molecule has 10 heteroatoms. The predicted molar refractivity (Wildman–Crippen MR) is 149 cm³/mol. The van der Waals surface area contributed by atoms with Crippen LogP contribution < -0.4 is 15.8 Å². The zero-order chi connectivity index (χ0) is 28.9. The first-order valence-electron chi connectivity index (χ1n) is 13.5. The van der Waals surface area contributed by atoms with Crippen molar-refractivity contribution in [2.24, 2.45) is 11.7 Å². The average molecular weight is 556 g/mol. The molecule has 3 heterocycles. The fourth-order valence-electron chi connectivity index (χ4n) is 5.32. The van der Waals surface area contributed by atoms with Gasteiger partial charge in [-0.25, -0.2) is 14.1 Å². The number of aliphatic hydroxyl groups is 1. The zero-order valence-electron chi connectivity index (χ0n) is 22.7. The Balaban J connectivity index is 1.36. The van der Waals surface area contributed by atoms with Crippen LogP contribution >= 0.6 is 0 Å². The first-order chi connectivity index (χ1) is 19.6. The molecule has 0 radical (unpaired) electrons. The smallest absolute Gasteiger partial charge is 0.254 e. The SMILES string of the molecule is Cc1nn(-c2ccccc2)cc1C(=O)NCC(O)(c1cc2c(c(-c3ccc(F)cc3)n1)OC[C@]2(C)C(N)=O)C1CC1. The summed E-state index contributed by atoms with van der Waals surface area (Å²) in [5, 5.41) is 19.5. The third-order valence-electron chi connectivity index (χ3n) is 8.11. The molecule has 6 rings (SSSR count). The maximum atomic E-state index is 13.7. The summed E-state index contributed by atoms with van der Waals surface area (Å²) in [6.07, 6.45) is 3.14. The number of aryl methyl sites for hydroxylation is 1. The van der Waals surface area contributed by atoms with Crippen molar-refractivity contribution in [2.75, 3.05) is 13.2 Å². The van der Waals surface area contributed by atoms with Crippen LogP contribution in [-0.4, -0.2) is 44.8 Å². The van der Waals surface area contributed by atoms with E-state index in [1.807, 2.05) is 30.3 Å². The molecule has 4 N–H and O–H groups in total. The molecule has 2 atom stereocenters. The number of carbonyl (C=O) groups excluding carboxylic acids is 2. The van der Waals surface area contributed by atoms with Crippen LogP contribution in [0.5, 0.6) is 5.75 Å². The van der Waals surface area contributed by atoms with Crippen molar-refractivity contribution < 1.29 is 23.8 Å². The highest BCUT2D eigenvalue weighted by Gasteiger charge is 2.50. The Morgan fingerprint density at radius 1 is 1.20 bits per heavy atom. The molecule has 0 spiro atoms. The van der Waals surface area contributed by atoms with Crippen molar-refractivity contribution in [1.82, 2.24) is 20.1 Å². The van der Waals surface area contributed by atoms with Gasteiger partial charge < -0.3 is 20.9 Å². The van der Waals surface area contributed by atoms with Gasteiger partial charge in [-0.2, -0.15) is 5.10 Å². The molecule has 9 nitrogen and oxygen atoms in total. The number of nitrogens with zero attached hydrogens (tertiary/aromatic N) is 3. The van der Waals surface area contributed by atoms with E-state index in [0.717, 1.165) is 18.5 Å². The lowest BCUT2D eigenvalue weighted by Gasteiger charge is -2.30. The van der Waals surface area contributed by atoms with Crippen LogP contribution in [0.4, 0.5) is 4.39 Å². The van der Waals surface area contributed by atoms with Gasteiger partial charge >= 0.3 is 0 Å². The first-order valence-corrected chi connectivity index (χ1v) is 13.5. The lowest BCUT2D eigenvalue weighted by molar-refractivity contribution is -0.123. The molecule has 1 saturated carbocycles. The van der Waals surface area contributed by atoms with Gasteiger partial charge in [-0.05, 0) is 75.1 Å². The summed E-state index contributed by atoms with van der Waals surface area (Å²) in [5.74, 6) is -1.16. The number of para-hydroxylation sites is 1. The summed E-state index contributed by atoms with van der Waals surface area (Å²) in [5.41, 5.74) is 6.56. The molecule has 2 aromatic heterocycles. The number of hydrogen-bond donors (Lipinski definition) is 3. The van der Waals surface area contributed by atoms with E-state index in [9.17, 15) is 19.1 Å². The van der Waals surface area contributed by atoms with E-state index in [1.165, 1.54) is 12.1 Å². The van der Waals surface area contributed by atoms with Gasteiger partial charge in [0.1, 0.15) is 34.9 Å². The Kier molecular flexibility index (Phi) is 6.37. The topological polar surface area (TPSA) is 132 Å². The Morgan fingerprint density at radius 2 is 1.90 bits per heavy atom. The van der Waals surface area contributed by atoms with Gasteiger partial charge in [-0.15, -0.1) is 0 Å². The number of nitrogens with two attached hydrogens (primary N) is 1. The van der Waals surface area contributed by atoms with E-state index >= 15 is 0 Å². The molecule has 41 heavy (non-hydrogen) atoms. The Labute approximate surface area is 236 Å². The number of halogens is 1. The van der Waals surface area contributed by atoms with Crippen molar-refractivity contribution >= 4 is 11.8 Å². The number of ether oxygens (including phenoxy) is 1. The van der Waals surface area contributed by atoms with Gasteiger partial charge in [0.25, 0.3) is 5.91 Å². The van der Waals surface area contributed by atoms with Crippen LogP contribution in [0.2, 0.25) is 0 Å². The molecule has 0 saturated heterocycles. The molecular weight excluding hydrogens is 525 g/mol. The Hall–Kier alpha value is -4.57. The summed E-state index contributed by atoms with van der Waals surface area (Å²) >= 11 is 0. The van der Waals surface area contributed by atoms with Crippen molar-refractivity contribution in [1.29, 1.82) is 0 Å². The van der Waals surface area contributed by atoms with Crippen molar-refractivity contribution in [3.8, 4) is 22.7 Å². The fourth-order valence-corrected chi connectivity index (χ4v) is 5.32. The Bertz CT molecular complexity index is 1650. The second-order valence-corrected chi connectivity index (χ2v) is 11.0. The summed E-state index contributed by atoms with van der Waals surface area (Å²) in [6, 6.07) is 16.9. The third kappa shape index (κ3) is 4.63. The highest BCUT2D eigenvalue weighted by molar-refractivity contribution is 5.95. The van der Waals surface area contributed by atoms with Crippen molar-refractivity contribution in [3.05, 3.63) is 95.2 Å². The number of pyridine rings is 1. The van der Waals surface area contributed by atoms with Crippen LogP contribution in [-0.2, 0) is 15.8 Å². The second kappa shape index (κ2) is 9.81. The molecule has 210 valence electrons. The van der Waals surface area contributed by atoms with Gasteiger partial charge in [0.2, 0.25) is 5.91 Å². The highest BCUT2D eigenvalue weighted by Crippen LogP contribution is 2.49. The van der Waals surface area contributed by atoms with E-state index < -0.39 is 22.7 Å². The van der Waals surface area contributed by atoms with E-state index in [1.54, 1.807) is 42.9 Å². The first kappa shape index (κ1) is 26.6. The highest BCUT2D eigenvalue weighted by atomic mass is 19.1. The van der Waals surface area contributed by atoms with Crippen molar-refractivity contribution in [2.45, 2.75) is 37.7 Å². The zero-order valence-corrected chi connectivity index (χ0v) is 22.7. The number of rotatable bonds is 8. The van der Waals surface area contributed by atoms with Gasteiger partial charge in [0.05, 0.1) is 29.2 Å². The van der Waals surface area contributed by atoms with Gasteiger partial charge in [-0.1, -0.05) is 18.2 Å². The third-order valence-corrected chi connectivity index (χ3v) is 8.11. The van der Waals surface area contributed by atoms with Crippen molar-refractivity contribution in [3.63, 3.8) is 0 Å². The number of amides is 2. The van der Waals surface area contributed by atoms with Gasteiger partial charge in [0, 0.05) is 17.3 Å². The quantitative estimate of drug-likeness (QED) is 0.305. The molecule has 2 amide bonds. The minimum absolute atomic E-state index is 0.0142. The van der Waals surface area contributed by atoms with Gasteiger partial charge in [0.15, 0.2) is 0 Å². The molecule has 1 aliphatic heterocycles. The number of carbonyl (C=O) groups is 2. The number of aromatic nitrogens is 3. The molecule has 1 aliphatic carbocycles. The second-order valence-electron chi connectivity index (χ2n) is 11.0. The van der Waals surface area contributed by atoms with E-state index in [0.29, 0.717) is 33.8 Å². The molecule has 2 aliphatic rings. The van der Waals surface area contributed by atoms with E-state index in [-0.39, 0.29) is 30.7 Å². The average Bonchev–Trinajstić information content (AvgIpc) is 3.68. The fraction of sp³-hybridized carbons (Fsp3) is 0.290. The largest absolute Gasteiger partial charge is 0.489 e. The summed E-state index contributed by atoms with van der Waals surface area (Å²) in [6.45, 7) is 3.34. The molecule has 0 bridgehead atoms. The number of hydrogen-bond acceptors (Lipinski definition) is 6. The lowest BCUT2D eigenvalue weighted by Crippen LogP contribution is -2.44. The van der Waals surface area contributed by atoms with Crippen LogP contribution in [0.3, 0.4) is 0 Å². The van der Waals surface area contributed by atoms with Gasteiger partial charge in [-0.3, -0.25) is 9.59 Å². The van der Waals surface area contributed by atoms with Crippen LogP contribution in [0, 0.1) is 18.7 Å². The normalized spacial score (nSPS) is 19.2. The number of primary amides is 1. The van der Waals surface area contributed by atoms with E-state index in [2.05, 4.69) is 10.4 Å².